The molecule has 0 bridgehead atoms. The van der Waals surface area contributed by atoms with Gasteiger partial charge >= 0.3 is 0 Å². The van der Waals surface area contributed by atoms with Crippen LogP contribution in [0.4, 0.5) is 5.69 Å². The molecule has 108 valence electrons. The van der Waals surface area contributed by atoms with Crippen molar-refractivity contribution in [3.8, 4) is 5.75 Å². The zero-order valence-electron chi connectivity index (χ0n) is 11.9. The van der Waals surface area contributed by atoms with Gasteiger partial charge in [-0.3, -0.25) is 4.79 Å². The summed E-state index contributed by atoms with van der Waals surface area (Å²) < 4.78 is 0. The lowest BCUT2D eigenvalue weighted by atomic mass is 10.1. The van der Waals surface area contributed by atoms with Gasteiger partial charge in [-0.1, -0.05) is 18.2 Å². The number of fused-ring (bicyclic) bond motifs is 1. The molecule has 1 unspecified atom stereocenters. The summed E-state index contributed by atoms with van der Waals surface area (Å²) in [7, 11) is 0. The number of aromatic hydroxyl groups is 1. The van der Waals surface area contributed by atoms with Crippen molar-refractivity contribution >= 4 is 11.6 Å². The van der Waals surface area contributed by atoms with Gasteiger partial charge in [0.1, 0.15) is 5.75 Å². The molecule has 1 aliphatic heterocycles. The van der Waals surface area contributed by atoms with Crippen molar-refractivity contribution in [3.63, 3.8) is 0 Å². The minimum absolute atomic E-state index is 0.109. The number of hydrogen-bond acceptors (Lipinski definition) is 3. The Labute approximate surface area is 123 Å². The van der Waals surface area contributed by atoms with Gasteiger partial charge in [0, 0.05) is 17.8 Å². The molecule has 1 atom stereocenters. The molecule has 0 saturated heterocycles. The smallest absolute Gasteiger partial charge is 0.251 e. The molecule has 21 heavy (non-hydrogen) atoms. The molecule has 2 aromatic carbocycles. The number of phenols is 1. The SMILES string of the molecule is CC(NC(=O)c1ccc2c(c1)NCC2)c1cccc(O)c1. The lowest BCUT2D eigenvalue weighted by molar-refractivity contribution is 0.0940. The van der Waals surface area contributed by atoms with Crippen molar-refractivity contribution in [2.24, 2.45) is 0 Å². The number of phenolic OH excluding ortho intramolecular Hbond substituents is 1. The van der Waals surface area contributed by atoms with E-state index in [0.717, 1.165) is 24.2 Å². The Kier molecular flexibility index (Phi) is 3.52. The van der Waals surface area contributed by atoms with E-state index in [1.807, 2.05) is 31.2 Å². The highest BCUT2D eigenvalue weighted by atomic mass is 16.3. The van der Waals surface area contributed by atoms with E-state index in [2.05, 4.69) is 10.6 Å². The van der Waals surface area contributed by atoms with Crippen LogP contribution in [0.15, 0.2) is 42.5 Å². The Morgan fingerprint density at radius 2 is 2.14 bits per heavy atom. The van der Waals surface area contributed by atoms with Crippen LogP contribution in [-0.4, -0.2) is 17.6 Å². The predicted octanol–water partition coefficient (Wildman–Crippen LogP) is 2.85. The Hall–Kier alpha value is -2.49. The predicted molar refractivity (Wildman–Crippen MR) is 82.6 cm³/mol. The second kappa shape index (κ2) is 5.48. The molecule has 0 fully saturated rings. The van der Waals surface area contributed by atoms with Crippen molar-refractivity contribution in [3.05, 3.63) is 59.2 Å². The second-order valence-electron chi connectivity index (χ2n) is 5.34. The van der Waals surface area contributed by atoms with Crippen LogP contribution in [0.2, 0.25) is 0 Å². The minimum Gasteiger partial charge on any atom is -0.508 e. The zero-order valence-corrected chi connectivity index (χ0v) is 11.9. The summed E-state index contributed by atoms with van der Waals surface area (Å²) in [4.78, 5) is 12.3. The Balaban J connectivity index is 1.74. The van der Waals surface area contributed by atoms with E-state index in [0.29, 0.717) is 5.56 Å². The zero-order chi connectivity index (χ0) is 14.8. The first kappa shape index (κ1) is 13.5. The van der Waals surface area contributed by atoms with Gasteiger partial charge in [-0.25, -0.2) is 0 Å². The molecule has 1 amide bonds. The number of nitrogens with one attached hydrogen (secondary N) is 2. The van der Waals surface area contributed by atoms with Crippen LogP contribution in [0.25, 0.3) is 0 Å². The fourth-order valence-corrected chi connectivity index (χ4v) is 2.59. The second-order valence-corrected chi connectivity index (χ2v) is 5.34. The molecule has 3 rings (SSSR count). The van der Waals surface area contributed by atoms with Crippen LogP contribution in [0.5, 0.6) is 5.75 Å². The third-order valence-corrected chi connectivity index (χ3v) is 3.80. The maximum Gasteiger partial charge on any atom is 0.251 e. The topological polar surface area (TPSA) is 61.4 Å². The number of carbonyl (C=O) groups excluding carboxylic acids is 1. The van der Waals surface area contributed by atoms with Crippen molar-refractivity contribution in [1.29, 1.82) is 0 Å². The quantitative estimate of drug-likeness (QED) is 0.811. The molecule has 4 nitrogen and oxygen atoms in total. The Bertz CT molecular complexity index is 682. The molecule has 4 heteroatoms. The first-order chi connectivity index (χ1) is 10.1. The van der Waals surface area contributed by atoms with Crippen LogP contribution >= 0.6 is 0 Å². The molecule has 3 N–H and O–H groups in total. The number of benzene rings is 2. The van der Waals surface area contributed by atoms with Crippen LogP contribution in [-0.2, 0) is 6.42 Å². The Morgan fingerprint density at radius 1 is 1.29 bits per heavy atom. The molecular weight excluding hydrogens is 264 g/mol. The molecule has 0 spiro atoms. The number of carbonyl (C=O) groups is 1. The summed E-state index contributed by atoms with van der Waals surface area (Å²) in [6, 6.07) is 12.5. The first-order valence-corrected chi connectivity index (χ1v) is 7.10. The normalized spacial score (nSPS) is 14.1. The summed E-state index contributed by atoms with van der Waals surface area (Å²) in [6.45, 7) is 2.83. The van der Waals surface area contributed by atoms with E-state index in [1.165, 1.54) is 5.56 Å². The van der Waals surface area contributed by atoms with E-state index >= 15 is 0 Å². The highest BCUT2D eigenvalue weighted by molar-refractivity contribution is 5.95. The van der Waals surface area contributed by atoms with Crippen molar-refractivity contribution in [2.75, 3.05) is 11.9 Å². The van der Waals surface area contributed by atoms with Crippen LogP contribution in [0.1, 0.15) is 34.5 Å². The van der Waals surface area contributed by atoms with Crippen LogP contribution < -0.4 is 10.6 Å². The summed E-state index contributed by atoms with van der Waals surface area (Å²) in [5, 5.41) is 15.7. The van der Waals surface area contributed by atoms with E-state index in [4.69, 9.17) is 0 Å². The van der Waals surface area contributed by atoms with Crippen molar-refractivity contribution in [1.82, 2.24) is 5.32 Å². The average molecular weight is 282 g/mol. The van der Waals surface area contributed by atoms with E-state index in [1.54, 1.807) is 18.2 Å². The molecule has 2 aromatic rings. The third-order valence-electron chi connectivity index (χ3n) is 3.80. The fourth-order valence-electron chi connectivity index (χ4n) is 2.59. The van der Waals surface area contributed by atoms with E-state index in [-0.39, 0.29) is 17.7 Å². The molecule has 1 heterocycles. The van der Waals surface area contributed by atoms with Gasteiger partial charge in [0.25, 0.3) is 5.91 Å². The van der Waals surface area contributed by atoms with Crippen LogP contribution in [0.3, 0.4) is 0 Å². The molecule has 0 radical (unpaired) electrons. The number of hydrogen-bond donors (Lipinski definition) is 3. The number of rotatable bonds is 3. The standard InChI is InChI=1S/C17H18N2O2/c1-11(13-3-2-4-15(20)9-13)19-17(21)14-6-5-12-7-8-18-16(12)10-14/h2-6,9-11,18,20H,7-8H2,1H3,(H,19,21). The molecular formula is C17H18N2O2. The summed E-state index contributed by atoms with van der Waals surface area (Å²) in [6.07, 6.45) is 1.01. The summed E-state index contributed by atoms with van der Waals surface area (Å²) in [5.74, 6) is 0.0951. The maximum atomic E-state index is 12.3. The number of amides is 1. The van der Waals surface area contributed by atoms with Gasteiger partial charge in [0.05, 0.1) is 6.04 Å². The van der Waals surface area contributed by atoms with Gasteiger partial charge in [-0.2, -0.15) is 0 Å². The lowest BCUT2D eigenvalue weighted by Gasteiger charge is -2.15. The summed E-state index contributed by atoms with van der Waals surface area (Å²) in [5.41, 5.74) is 3.83. The lowest BCUT2D eigenvalue weighted by Crippen LogP contribution is -2.26. The minimum atomic E-state index is -0.161. The van der Waals surface area contributed by atoms with E-state index in [9.17, 15) is 9.90 Å². The maximum absolute atomic E-state index is 12.3. The summed E-state index contributed by atoms with van der Waals surface area (Å²) >= 11 is 0. The Morgan fingerprint density at radius 3 is 2.95 bits per heavy atom. The van der Waals surface area contributed by atoms with Crippen molar-refractivity contribution < 1.29 is 9.90 Å². The molecule has 0 saturated carbocycles. The number of anilines is 1. The third kappa shape index (κ3) is 2.84. The van der Waals surface area contributed by atoms with Gasteiger partial charge in [-0.05, 0) is 48.7 Å². The van der Waals surface area contributed by atoms with E-state index < -0.39 is 0 Å². The average Bonchev–Trinajstić information content (AvgIpc) is 2.94. The molecule has 0 aliphatic carbocycles. The highest BCUT2D eigenvalue weighted by Crippen LogP contribution is 2.24. The first-order valence-electron chi connectivity index (χ1n) is 7.10. The largest absolute Gasteiger partial charge is 0.508 e. The fraction of sp³-hybridized carbons (Fsp3) is 0.235. The van der Waals surface area contributed by atoms with Gasteiger partial charge < -0.3 is 15.7 Å². The highest BCUT2D eigenvalue weighted by Gasteiger charge is 2.15. The van der Waals surface area contributed by atoms with Gasteiger partial charge in [0.15, 0.2) is 0 Å². The monoisotopic (exact) mass is 282 g/mol. The van der Waals surface area contributed by atoms with Gasteiger partial charge in [-0.15, -0.1) is 0 Å². The van der Waals surface area contributed by atoms with Gasteiger partial charge in [0.2, 0.25) is 0 Å². The molecule has 1 aliphatic rings. The van der Waals surface area contributed by atoms with Crippen molar-refractivity contribution in [2.45, 2.75) is 19.4 Å². The van der Waals surface area contributed by atoms with Crippen LogP contribution in [0, 0.1) is 0 Å². The molecule has 0 aromatic heterocycles.